The molecule has 0 amide bonds. The minimum atomic E-state index is -3.62. The number of nitrogens with two attached hydrogens (primary N) is 1. The second kappa shape index (κ2) is 8.40. The Labute approximate surface area is 154 Å². The summed E-state index contributed by atoms with van der Waals surface area (Å²) in [7, 11) is -3.62. The molecule has 0 aliphatic heterocycles. The molecular weight excluding hydrogens is 346 g/mol. The van der Waals surface area contributed by atoms with Crippen LogP contribution >= 0.6 is 0 Å². The fraction of sp³-hybridized carbons (Fsp3) is 0.250. The molecule has 136 valence electrons. The van der Waals surface area contributed by atoms with Gasteiger partial charge >= 0.3 is 0 Å². The van der Waals surface area contributed by atoms with Crippen molar-refractivity contribution in [3.8, 4) is 0 Å². The van der Waals surface area contributed by atoms with E-state index in [0.29, 0.717) is 42.8 Å². The van der Waals surface area contributed by atoms with Crippen LogP contribution in [0.3, 0.4) is 0 Å². The molecule has 0 spiro atoms. The number of fused-ring (bicyclic) bond motifs is 1. The summed E-state index contributed by atoms with van der Waals surface area (Å²) in [5, 5.41) is 1.51. The third kappa shape index (κ3) is 4.09. The van der Waals surface area contributed by atoms with Crippen LogP contribution in [0, 0.1) is 0 Å². The van der Waals surface area contributed by atoms with Crippen molar-refractivity contribution >= 4 is 20.8 Å². The van der Waals surface area contributed by atoms with E-state index in [9.17, 15) is 8.42 Å². The Hall–Kier alpha value is -2.28. The van der Waals surface area contributed by atoms with Crippen molar-refractivity contribution in [2.75, 3.05) is 19.6 Å². The molecule has 0 fully saturated rings. The van der Waals surface area contributed by atoms with Gasteiger partial charge in [-0.1, -0.05) is 42.5 Å². The lowest BCUT2D eigenvalue weighted by Gasteiger charge is -2.23. The zero-order chi connectivity index (χ0) is 18.4. The molecule has 0 atom stereocenters. The molecule has 26 heavy (non-hydrogen) atoms. The van der Waals surface area contributed by atoms with Crippen molar-refractivity contribution in [2.24, 2.45) is 5.73 Å². The van der Waals surface area contributed by atoms with Crippen LogP contribution in [0.2, 0.25) is 0 Å². The monoisotopic (exact) mass is 369 g/mol. The summed E-state index contributed by atoms with van der Waals surface area (Å²) in [6, 6.07) is 16.9. The predicted molar refractivity (Wildman–Crippen MR) is 104 cm³/mol. The minimum Gasteiger partial charge on any atom is -0.330 e. The van der Waals surface area contributed by atoms with Gasteiger partial charge in [0.1, 0.15) is 0 Å². The van der Waals surface area contributed by atoms with E-state index in [0.717, 1.165) is 10.9 Å². The zero-order valence-electron chi connectivity index (χ0n) is 14.6. The summed E-state index contributed by atoms with van der Waals surface area (Å²) in [5.74, 6) is 0. The van der Waals surface area contributed by atoms with Crippen LogP contribution in [-0.4, -0.2) is 37.3 Å². The van der Waals surface area contributed by atoms with Gasteiger partial charge in [-0.3, -0.25) is 4.98 Å². The molecule has 0 aliphatic rings. The highest BCUT2D eigenvalue weighted by atomic mass is 32.2. The Bertz CT molecular complexity index is 954. The lowest BCUT2D eigenvalue weighted by atomic mass is 10.1. The summed E-state index contributed by atoms with van der Waals surface area (Å²) >= 11 is 0. The lowest BCUT2D eigenvalue weighted by molar-refractivity contribution is 0.410. The molecule has 0 radical (unpaired) electrons. The first-order valence-electron chi connectivity index (χ1n) is 8.70. The quantitative estimate of drug-likeness (QED) is 0.662. The molecule has 3 aromatic rings. The number of pyridine rings is 1. The summed E-state index contributed by atoms with van der Waals surface area (Å²) < 4.78 is 28.2. The fourth-order valence-electron chi connectivity index (χ4n) is 2.98. The van der Waals surface area contributed by atoms with Gasteiger partial charge in [-0.2, -0.15) is 4.31 Å². The highest BCUT2D eigenvalue weighted by Crippen LogP contribution is 2.25. The van der Waals surface area contributed by atoms with E-state index in [2.05, 4.69) is 4.98 Å². The van der Waals surface area contributed by atoms with Gasteiger partial charge in [0.05, 0.1) is 4.90 Å². The molecule has 0 aliphatic carbocycles. The highest BCUT2D eigenvalue weighted by Gasteiger charge is 2.25. The van der Waals surface area contributed by atoms with E-state index in [4.69, 9.17) is 5.73 Å². The van der Waals surface area contributed by atoms with Crippen LogP contribution in [0.25, 0.3) is 10.8 Å². The average molecular weight is 369 g/mol. The van der Waals surface area contributed by atoms with Crippen molar-refractivity contribution in [3.05, 3.63) is 72.6 Å². The van der Waals surface area contributed by atoms with Crippen molar-refractivity contribution in [3.63, 3.8) is 0 Å². The molecule has 0 unspecified atom stereocenters. The predicted octanol–water partition coefficient (Wildman–Crippen LogP) is 2.82. The van der Waals surface area contributed by atoms with Crippen LogP contribution in [0.4, 0.5) is 0 Å². The molecule has 2 aromatic carbocycles. The summed E-state index contributed by atoms with van der Waals surface area (Å²) in [6.07, 6.45) is 4.59. The van der Waals surface area contributed by atoms with E-state index in [1.54, 1.807) is 34.9 Å². The molecule has 2 N–H and O–H groups in total. The van der Waals surface area contributed by atoms with Crippen LogP contribution in [0.1, 0.15) is 12.0 Å². The number of hydrogen-bond acceptors (Lipinski definition) is 4. The molecular formula is C20H23N3O2S. The van der Waals surface area contributed by atoms with Gasteiger partial charge in [0.25, 0.3) is 0 Å². The first kappa shape index (κ1) is 18.5. The van der Waals surface area contributed by atoms with Crippen molar-refractivity contribution < 1.29 is 8.42 Å². The molecule has 5 nitrogen and oxygen atoms in total. The van der Waals surface area contributed by atoms with Gasteiger partial charge < -0.3 is 5.73 Å². The van der Waals surface area contributed by atoms with Crippen molar-refractivity contribution in [1.29, 1.82) is 0 Å². The molecule has 0 saturated carbocycles. The maximum absolute atomic E-state index is 13.3. The Morgan fingerprint density at radius 2 is 1.77 bits per heavy atom. The van der Waals surface area contributed by atoms with Gasteiger partial charge in [0.15, 0.2) is 0 Å². The standard InChI is InChI=1S/C20H23N3O2S/c21-12-5-14-23(15-11-17-6-2-1-3-7-17)26(24,25)20-9-4-8-18-16-22-13-10-19(18)20/h1-4,6-10,13,16H,5,11-12,14-15,21H2. The van der Waals surface area contributed by atoms with Gasteiger partial charge in [-0.15, -0.1) is 0 Å². The van der Waals surface area contributed by atoms with E-state index in [1.807, 2.05) is 36.4 Å². The van der Waals surface area contributed by atoms with Crippen molar-refractivity contribution in [2.45, 2.75) is 17.7 Å². The molecule has 3 rings (SSSR count). The van der Waals surface area contributed by atoms with E-state index >= 15 is 0 Å². The zero-order valence-corrected chi connectivity index (χ0v) is 15.4. The normalized spacial score (nSPS) is 11.9. The summed E-state index contributed by atoms with van der Waals surface area (Å²) in [5.41, 5.74) is 6.74. The fourth-order valence-corrected chi connectivity index (χ4v) is 4.67. The smallest absolute Gasteiger partial charge is 0.243 e. The van der Waals surface area contributed by atoms with Crippen molar-refractivity contribution in [1.82, 2.24) is 9.29 Å². The van der Waals surface area contributed by atoms with E-state index in [-0.39, 0.29) is 0 Å². The van der Waals surface area contributed by atoms with E-state index < -0.39 is 10.0 Å². The largest absolute Gasteiger partial charge is 0.330 e. The molecule has 0 saturated heterocycles. The highest BCUT2D eigenvalue weighted by molar-refractivity contribution is 7.89. The number of rotatable bonds is 8. The molecule has 6 heteroatoms. The number of aromatic nitrogens is 1. The van der Waals surface area contributed by atoms with Crippen LogP contribution in [-0.2, 0) is 16.4 Å². The maximum Gasteiger partial charge on any atom is 0.243 e. The molecule has 0 bridgehead atoms. The summed E-state index contributed by atoms with van der Waals surface area (Å²) in [6.45, 7) is 1.29. The second-order valence-electron chi connectivity index (χ2n) is 6.13. The average Bonchev–Trinajstić information content (AvgIpc) is 2.68. The minimum absolute atomic E-state index is 0.322. The number of hydrogen-bond donors (Lipinski definition) is 1. The second-order valence-corrected chi connectivity index (χ2v) is 8.04. The van der Waals surface area contributed by atoms with Gasteiger partial charge in [0.2, 0.25) is 10.0 Å². The number of benzene rings is 2. The number of sulfonamides is 1. The third-order valence-corrected chi connectivity index (χ3v) is 6.32. The number of nitrogens with zero attached hydrogens (tertiary/aromatic N) is 2. The van der Waals surface area contributed by atoms with Crippen LogP contribution in [0.5, 0.6) is 0 Å². The van der Waals surface area contributed by atoms with Gasteiger partial charge in [-0.05, 0) is 37.1 Å². The summed E-state index contributed by atoms with van der Waals surface area (Å²) in [4.78, 5) is 4.40. The van der Waals surface area contributed by atoms with Crippen LogP contribution in [0.15, 0.2) is 71.9 Å². The van der Waals surface area contributed by atoms with Gasteiger partial charge in [-0.25, -0.2) is 8.42 Å². The molecule has 1 heterocycles. The Morgan fingerprint density at radius 1 is 0.962 bits per heavy atom. The maximum atomic E-state index is 13.3. The Balaban J connectivity index is 1.93. The SMILES string of the molecule is NCCCN(CCc1ccccc1)S(=O)(=O)c1cccc2cnccc12. The first-order valence-corrected chi connectivity index (χ1v) is 10.1. The Morgan fingerprint density at radius 3 is 2.54 bits per heavy atom. The first-order chi connectivity index (χ1) is 12.6. The van der Waals surface area contributed by atoms with E-state index in [1.165, 1.54) is 0 Å². The third-order valence-electron chi connectivity index (χ3n) is 4.36. The van der Waals surface area contributed by atoms with Crippen LogP contribution < -0.4 is 5.73 Å². The lowest BCUT2D eigenvalue weighted by Crippen LogP contribution is -2.35. The van der Waals surface area contributed by atoms with Gasteiger partial charge in [0, 0.05) is 36.3 Å². The Kier molecular flexibility index (Phi) is 5.98. The molecule has 1 aromatic heterocycles. The topological polar surface area (TPSA) is 76.3 Å².